The van der Waals surface area contributed by atoms with Crippen molar-refractivity contribution in [2.24, 2.45) is 0 Å². The minimum atomic E-state index is -2.10. The lowest BCUT2D eigenvalue weighted by Crippen LogP contribution is -2.68. The molecule has 3 rings (SSSR count). The highest BCUT2D eigenvalue weighted by Crippen LogP contribution is 2.31. The first-order valence-corrected chi connectivity index (χ1v) is 13.9. The second-order valence-electron chi connectivity index (χ2n) is 11.0. The molecule has 0 saturated carbocycles. The van der Waals surface area contributed by atoms with E-state index in [-0.39, 0.29) is 11.9 Å². The van der Waals surface area contributed by atoms with Crippen molar-refractivity contribution in [3.8, 4) is 0 Å². The molecule has 2 fully saturated rings. The van der Waals surface area contributed by atoms with Crippen LogP contribution in [0.4, 0.5) is 0 Å². The Morgan fingerprint density at radius 3 is 2.09 bits per heavy atom. The summed E-state index contributed by atoms with van der Waals surface area (Å²) in [6, 6.07) is -2.21. The summed E-state index contributed by atoms with van der Waals surface area (Å²) < 4.78 is 22.0. The number of carbonyl (C=O) groups is 1. The second-order valence-corrected chi connectivity index (χ2v) is 11.0. The van der Waals surface area contributed by atoms with Crippen LogP contribution < -0.4 is 5.32 Å². The molecule has 14 N–H and O–H groups in total. The van der Waals surface area contributed by atoms with Gasteiger partial charge in [0.05, 0.1) is 38.0 Å². The van der Waals surface area contributed by atoms with Crippen LogP contribution in [0.5, 0.6) is 0 Å². The highest BCUT2D eigenvalue weighted by Gasteiger charge is 2.52. The third-order valence-electron chi connectivity index (χ3n) is 8.03. The minimum Gasteiger partial charge on any atom is -0.394 e. The summed E-state index contributed by atoms with van der Waals surface area (Å²) in [5.41, 5.74) is 0.00900. The van der Waals surface area contributed by atoms with Crippen LogP contribution in [0.2, 0.25) is 0 Å². The molecule has 0 aromatic carbocycles. The van der Waals surface area contributed by atoms with E-state index in [0.717, 1.165) is 0 Å². The van der Waals surface area contributed by atoms with Crippen LogP contribution in [0.1, 0.15) is 6.92 Å². The average molecular weight is 646 g/mol. The van der Waals surface area contributed by atoms with Crippen molar-refractivity contribution in [2.45, 2.75) is 117 Å². The maximum Gasteiger partial charge on any atom is 0.187 e. The molecule has 19 nitrogen and oxygen atoms in total. The van der Waals surface area contributed by atoms with Gasteiger partial charge >= 0.3 is 0 Å². The molecule has 0 aromatic rings. The lowest BCUT2D eigenvalue weighted by molar-refractivity contribution is -0.361. The van der Waals surface area contributed by atoms with Crippen LogP contribution in [-0.4, -0.2) is 203 Å². The fraction of sp³-hybridized carbons (Fsp3) is 0.880. The summed E-state index contributed by atoms with van der Waals surface area (Å²) in [5.74, 6) is 0. The molecular formula is C25H43NO18. The summed E-state index contributed by atoms with van der Waals surface area (Å²) in [5, 5.41) is 135. The SMILES string of the molecule is C[C@H]1O[C@H](O[C@H]2C(CO)O[C@H](OC(C(O)CO)C(O)C(O)C=O)[C@H](O)[C@H]2O)[C@H](O)[C@@H](O)[C@@H]1N[C@H]1C=C(CO)[C@@H](O)[C@H](O)[C@H]1O. The van der Waals surface area contributed by atoms with Crippen LogP contribution in [0.15, 0.2) is 11.6 Å². The molecule has 2 saturated heterocycles. The quantitative estimate of drug-likeness (QED) is 0.0653. The number of hydrogen-bond acceptors (Lipinski definition) is 19. The van der Waals surface area contributed by atoms with Crippen molar-refractivity contribution in [1.29, 1.82) is 0 Å². The molecule has 0 amide bonds. The topological polar surface area (TPSA) is 329 Å². The highest BCUT2D eigenvalue weighted by atomic mass is 16.7. The number of hydrogen-bond donors (Lipinski definition) is 14. The van der Waals surface area contributed by atoms with Gasteiger partial charge in [-0.15, -0.1) is 0 Å². The number of carbonyl (C=O) groups excluding carboxylic acids is 1. The zero-order valence-corrected chi connectivity index (χ0v) is 23.5. The lowest BCUT2D eigenvalue weighted by atomic mass is 9.86. The summed E-state index contributed by atoms with van der Waals surface area (Å²) >= 11 is 0. The molecule has 0 aromatic heterocycles. The molecule has 18 atom stereocenters. The van der Waals surface area contributed by atoms with Gasteiger partial charge < -0.3 is 95.4 Å². The summed E-state index contributed by atoms with van der Waals surface area (Å²) in [6.45, 7) is -1.08. The maximum atomic E-state index is 10.9. The molecule has 0 radical (unpaired) electrons. The first-order chi connectivity index (χ1) is 20.7. The Balaban J connectivity index is 1.71. The van der Waals surface area contributed by atoms with Crippen molar-refractivity contribution < 1.29 is 90.1 Å². The van der Waals surface area contributed by atoms with E-state index in [1.165, 1.54) is 13.0 Å². The molecule has 5 unspecified atom stereocenters. The first kappa shape index (κ1) is 37.2. The Morgan fingerprint density at radius 1 is 0.886 bits per heavy atom. The van der Waals surface area contributed by atoms with E-state index < -0.39 is 130 Å². The Bertz CT molecular complexity index is 943. The Morgan fingerprint density at radius 2 is 1.52 bits per heavy atom. The number of nitrogens with one attached hydrogen (secondary N) is 1. The highest BCUT2D eigenvalue weighted by molar-refractivity contribution is 5.56. The van der Waals surface area contributed by atoms with Gasteiger partial charge in [0, 0.05) is 0 Å². The smallest absolute Gasteiger partial charge is 0.187 e. The van der Waals surface area contributed by atoms with Crippen molar-refractivity contribution in [3.63, 3.8) is 0 Å². The molecule has 2 heterocycles. The van der Waals surface area contributed by atoms with Gasteiger partial charge in [0.1, 0.15) is 79.4 Å². The number of aliphatic hydroxyl groups is 13. The van der Waals surface area contributed by atoms with Gasteiger partial charge in [-0.25, -0.2) is 0 Å². The minimum absolute atomic E-state index is 0.00900. The molecule has 0 spiro atoms. The largest absolute Gasteiger partial charge is 0.394 e. The van der Waals surface area contributed by atoms with Gasteiger partial charge in [-0.1, -0.05) is 6.08 Å². The van der Waals surface area contributed by atoms with Gasteiger partial charge in [-0.05, 0) is 12.5 Å². The predicted octanol–water partition coefficient (Wildman–Crippen LogP) is -8.72. The molecule has 2 aliphatic heterocycles. The van der Waals surface area contributed by atoms with Crippen LogP contribution >= 0.6 is 0 Å². The van der Waals surface area contributed by atoms with E-state index in [4.69, 9.17) is 18.9 Å². The summed E-state index contributed by atoms with van der Waals surface area (Å²) in [6.07, 6.45) is -26.8. The van der Waals surface area contributed by atoms with Gasteiger partial charge in [0.2, 0.25) is 0 Å². The van der Waals surface area contributed by atoms with Gasteiger partial charge in [-0.2, -0.15) is 0 Å². The average Bonchev–Trinajstić information content (AvgIpc) is 3.02. The molecule has 1 aliphatic carbocycles. The van der Waals surface area contributed by atoms with E-state index in [9.17, 15) is 71.2 Å². The Labute approximate surface area is 250 Å². The Kier molecular flexibility index (Phi) is 13.5. The second kappa shape index (κ2) is 16.0. The van der Waals surface area contributed by atoms with Gasteiger partial charge in [0.15, 0.2) is 18.9 Å². The van der Waals surface area contributed by atoms with Crippen LogP contribution in [-0.2, 0) is 23.7 Å². The van der Waals surface area contributed by atoms with Crippen molar-refractivity contribution in [2.75, 3.05) is 19.8 Å². The number of aldehydes is 1. The van der Waals surface area contributed by atoms with E-state index in [2.05, 4.69) is 5.32 Å². The van der Waals surface area contributed by atoms with Crippen LogP contribution in [0.25, 0.3) is 0 Å². The lowest BCUT2D eigenvalue weighted by Gasteiger charge is -2.48. The van der Waals surface area contributed by atoms with E-state index in [0.29, 0.717) is 0 Å². The third kappa shape index (κ3) is 7.79. The zero-order chi connectivity index (χ0) is 33.0. The first-order valence-electron chi connectivity index (χ1n) is 13.9. The standard InChI is InChI=1S/C25H43NO18/c1-7-13(26-9-2-8(3-27)14(33)18(37)15(9)34)17(36)20(39)24(41-7)44-23-12(6-30)42-25(21(40)19(23)38)43-22(11(32)5-29)16(35)10(31)4-28/h2,4,7,9-27,29-40H,3,5-6H2,1H3/t7-,9+,10?,11?,12?,13-,14-,15+,16?,17+,18+,19-,20-,21-,22?,23+,24-,25-/m1/s1. The fourth-order valence-corrected chi connectivity index (χ4v) is 5.36. The van der Waals surface area contributed by atoms with Crippen molar-refractivity contribution in [3.05, 3.63) is 11.6 Å². The maximum absolute atomic E-state index is 10.9. The molecule has 3 aliphatic rings. The predicted molar refractivity (Wildman–Crippen MR) is 139 cm³/mol. The Hall–Kier alpha value is -1.31. The number of aliphatic hydroxyl groups excluding tert-OH is 13. The molecular weight excluding hydrogens is 602 g/mol. The summed E-state index contributed by atoms with van der Waals surface area (Å²) in [4.78, 5) is 10.9. The summed E-state index contributed by atoms with van der Waals surface area (Å²) in [7, 11) is 0. The van der Waals surface area contributed by atoms with Gasteiger partial charge in [0.25, 0.3) is 0 Å². The van der Waals surface area contributed by atoms with E-state index in [1.807, 2.05) is 0 Å². The van der Waals surface area contributed by atoms with E-state index >= 15 is 0 Å². The monoisotopic (exact) mass is 645 g/mol. The van der Waals surface area contributed by atoms with Crippen molar-refractivity contribution in [1.82, 2.24) is 5.32 Å². The van der Waals surface area contributed by atoms with Crippen LogP contribution in [0, 0.1) is 0 Å². The molecule has 19 heteroatoms. The molecule has 44 heavy (non-hydrogen) atoms. The van der Waals surface area contributed by atoms with Crippen LogP contribution in [0.3, 0.4) is 0 Å². The molecule has 256 valence electrons. The van der Waals surface area contributed by atoms with Gasteiger partial charge in [-0.3, -0.25) is 0 Å². The normalized spacial score (nSPS) is 44.4. The molecule has 0 bridgehead atoms. The third-order valence-corrected chi connectivity index (χ3v) is 8.03. The van der Waals surface area contributed by atoms with Crippen molar-refractivity contribution >= 4 is 6.29 Å². The number of ether oxygens (including phenoxy) is 4. The van der Waals surface area contributed by atoms with E-state index in [1.54, 1.807) is 0 Å². The number of rotatable bonds is 13. The zero-order valence-electron chi connectivity index (χ0n) is 23.5. The fourth-order valence-electron chi connectivity index (χ4n) is 5.36.